The highest BCUT2D eigenvalue weighted by Gasteiger charge is 1.99. The van der Waals surface area contributed by atoms with E-state index in [2.05, 4.69) is 15.4 Å². The largest absolute Gasteiger partial charge is 0.495 e. The van der Waals surface area contributed by atoms with Gasteiger partial charge in [-0.05, 0) is 18.2 Å². The lowest BCUT2D eigenvalue weighted by molar-refractivity contribution is 0.413. The van der Waals surface area contributed by atoms with Crippen LogP contribution in [0, 0.1) is 0 Å². The highest BCUT2D eigenvalue weighted by atomic mass is 16.5. The summed E-state index contributed by atoms with van der Waals surface area (Å²) in [6, 6.07) is 5.81. The summed E-state index contributed by atoms with van der Waals surface area (Å²) in [6.45, 7) is 0.832. The van der Waals surface area contributed by atoms with E-state index in [0.717, 1.165) is 24.5 Å². The van der Waals surface area contributed by atoms with Crippen LogP contribution in [-0.2, 0) is 13.5 Å². The third-order valence-electron chi connectivity index (χ3n) is 2.58. The summed E-state index contributed by atoms with van der Waals surface area (Å²) >= 11 is 0. The zero-order chi connectivity index (χ0) is 12.1. The first-order chi connectivity index (χ1) is 8.29. The highest BCUT2D eigenvalue weighted by molar-refractivity contribution is 5.37. The molecule has 0 fully saturated rings. The molecule has 2 rings (SSSR count). The number of aryl methyl sites for hydroxylation is 1. The molecule has 0 radical (unpaired) electrons. The predicted molar refractivity (Wildman–Crippen MR) is 66.2 cm³/mol. The third kappa shape index (κ3) is 2.96. The van der Waals surface area contributed by atoms with Crippen LogP contribution in [-0.4, -0.2) is 28.4 Å². The van der Waals surface area contributed by atoms with E-state index in [1.807, 2.05) is 29.9 Å². The van der Waals surface area contributed by atoms with Gasteiger partial charge in [0.15, 0.2) is 0 Å². The number of ether oxygens (including phenoxy) is 1. The average Bonchev–Trinajstić information content (AvgIpc) is 2.76. The molecule has 5 nitrogen and oxygen atoms in total. The monoisotopic (exact) mass is 232 g/mol. The molecule has 5 heteroatoms. The van der Waals surface area contributed by atoms with E-state index in [9.17, 15) is 0 Å². The van der Waals surface area contributed by atoms with Crippen molar-refractivity contribution < 1.29 is 4.74 Å². The number of anilines is 1. The van der Waals surface area contributed by atoms with Crippen LogP contribution in [0.4, 0.5) is 5.82 Å². The number of rotatable bonds is 5. The van der Waals surface area contributed by atoms with Crippen molar-refractivity contribution in [3.63, 3.8) is 0 Å². The quantitative estimate of drug-likeness (QED) is 0.848. The van der Waals surface area contributed by atoms with Gasteiger partial charge in [0.25, 0.3) is 0 Å². The van der Waals surface area contributed by atoms with E-state index < -0.39 is 0 Å². The average molecular weight is 232 g/mol. The van der Waals surface area contributed by atoms with Crippen LogP contribution in [0.5, 0.6) is 5.75 Å². The van der Waals surface area contributed by atoms with Crippen LogP contribution < -0.4 is 10.1 Å². The Hall–Kier alpha value is -2.04. The normalized spacial score (nSPS) is 10.2. The molecule has 0 aromatic carbocycles. The minimum absolute atomic E-state index is 0.766. The van der Waals surface area contributed by atoms with Crippen molar-refractivity contribution in [3.8, 4) is 5.75 Å². The molecule has 0 unspecified atom stereocenters. The SMILES string of the molecule is COc1ccc(NCCc2ccnn2C)nc1. The molecule has 2 heterocycles. The van der Waals surface area contributed by atoms with Gasteiger partial charge in [-0.1, -0.05) is 0 Å². The zero-order valence-electron chi connectivity index (χ0n) is 10.1. The molecule has 2 aromatic rings. The fourth-order valence-corrected chi connectivity index (χ4v) is 1.57. The Morgan fingerprint density at radius 1 is 1.35 bits per heavy atom. The van der Waals surface area contributed by atoms with Gasteiger partial charge in [-0.15, -0.1) is 0 Å². The first-order valence-corrected chi connectivity index (χ1v) is 5.50. The van der Waals surface area contributed by atoms with Crippen LogP contribution in [0.3, 0.4) is 0 Å². The standard InChI is InChI=1S/C12H16N4O/c1-16-10(6-8-15-16)5-7-13-12-4-3-11(17-2)9-14-12/h3-4,6,8-9H,5,7H2,1-2H3,(H,13,14). The Balaban J connectivity index is 1.83. The van der Waals surface area contributed by atoms with E-state index in [4.69, 9.17) is 4.74 Å². The second-order valence-electron chi connectivity index (χ2n) is 3.71. The molecule has 0 saturated heterocycles. The summed E-state index contributed by atoms with van der Waals surface area (Å²) in [5, 5.41) is 7.38. The third-order valence-corrected chi connectivity index (χ3v) is 2.58. The summed E-state index contributed by atoms with van der Waals surface area (Å²) in [5.74, 6) is 1.62. The predicted octanol–water partition coefficient (Wildman–Crippen LogP) is 1.48. The molecule has 2 aromatic heterocycles. The van der Waals surface area contributed by atoms with Crippen LogP contribution in [0.25, 0.3) is 0 Å². The van der Waals surface area contributed by atoms with Crippen molar-refractivity contribution >= 4 is 5.82 Å². The molecule has 0 spiro atoms. The Morgan fingerprint density at radius 3 is 2.82 bits per heavy atom. The second kappa shape index (κ2) is 5.34. The van der Waals surface area contributed by atoms with Crippen LogP contribution in [0.1, 0.15) is 5.69 Å². The van der Waals surface area contributed by atoms with Gasteiger partial charge in [0.1, 0.15) is 11.6 Å². The highest BCUT2D eigenvalue weighted by Crippen LogP contribution is 2.11. The molecule has 0 saturated carbocycles. The molecule has 0 aliphatic heterocycles. The molecule has 90 valence electrons. The first kappa shape index (κ1) is 11.4. The van der Waals surface area contributed by atoms with Crippen molar-refractivity contribution in [1.82, 2.24) is 14.8 Å². The molecular weight excluding hydrogens is 216 g/mol. The van der Waals surface area contributed by atoms with Crippen LogP contribution in [0.15, 0.2) is 30.6 Å². The number of methoxy groups -OCH3 is 1. The summed E-state index contributed by atoms with van der Waals surface area (Å²) < 4.78 is 6.92. The maximum Gasteiger partial charge on any atom is 0.137 e. The van der Waals surface area contributed by atoms with E-state index in [1.54, 1.807) is 19.5 Å². The molecule has 0 aliphatic rings. The van der Waals surface area contributed by atoms with Crippen molar-refractivity contribution in [2.24, 2.45) is 7.05 Å². The first-order valence-electron chi connectivity index (χ1n) is 5.50. The minimum atomic E-state index is 0.766. The van der Waals surface area contributed by atoms with Gasteiger partial charge in [0.05, 0.1) is 13.3 Å². The molecule has 1 N–H and O–H groups in total. The number of nitrogens with one attached hydrogen (secondary N) is 1. The Kier molecular flexibility index (Phi) is 3.59. The summed E-state index contributed by atoms with van der Waals surface area (Å²) in [5.41, 5.74) is 1.20. The van der Waals surface area contributed by atoms with Crippen molar-refractivity contribution in [1.29, 1.82) is 0 Å². The van der Waals surface area contributed by atoms with E-state index in [1.165, 1.54) is 5.69 Å². The summed E-state index contributed by atoms with van der Waals surface area (Å²) in [6.07, 6.45) is 4.43. The van der Waals surface area contributed by atoms with Gasteiger partial charge in [-0.3, -0.25) is 4.68 Å². The Morgan fingerprint density at radius 2 is 2.24 bits per heavy atom. The second-order valence-corrected chi connectivity index (χ2v) is 3.71. The topological polar surface area (TPSA) is 52.0 Å². The molecule has 0 amide bonds. The summed E-state index contributed by atoms with van der Waals surface area (Å²) in [7, 11) is 3.58. The van der Waals surface area contributed by atoms with Gasteiger partial charge in [-0.2, -0.15) is 5.10 Å². The zero-order valence-corrected chi connectivity index (χ0v) is 10.1. The van der Waals surface area contributed by atoms with Crippen LogP contribution in [0.2, 0.25) is 0 Å². The maximum absolute atomic E-state index is 5.05. The lowest BCUT2D eigenvalue weighted by Crippen LogP contribution is -2.09. The molecule has 0 aliphatic carbocycles. The summed E-state index contributed by atoms with van der Waals surface area (Å²) in [4.78, 5) is 4.23. The van der Waals surface area contributed by atoms with Gasteiger partial charge >= 0.3 is 0 Å². The van der Waals surface area contributed by atoms with Gasteiger partial charge in [0.2, 0.25) is 0 Å². The molecule has 0 atom stereocenters. The number of nitrogens with zero attached hydrogens (tertiary/aromatic N) is 3. The number of hydrogen-bond donors (Lipinski definition) is 1. The number of pyridine rings is 1. The van der Waals surface area contributed by atoms with Gasteiger partial charge in [-0.25, -0.2) is 4.98 Å². The van der Waals surface area contributed by atoms with Gasteiger partial charge < -0.3 is 10.1 Å². The lowest BCUT2D eigenvalue weighted by atomic mass is 10.3. The number of hydrogen-bond acceptors (Lipinski definition) is 4. The van der Waals surface area contributed by atoms with Crippen LogP contribution >= 0.6 is 0 Å². The molecule has 0 bridgehead atoms. The lowest BCUT2D eigenvalue weighted by Gasteiger charge is -2.06. The van der Waals surface area contributed by atoms with E-state index >= 15 is 0 Å². The minimum Gasteiger partial charge on any atom is -0.495 e. The fraction of sp³-hybridized carbons (Fsp3) is 0.333. The number of aromatic nitrogens is 3. The van der Waals surface area contributed by atoms with Gasteiger partial charge in [0, 0.05) is 31.9 Å². The fourth-order valence-electron chi connectivity index (χ4n) is 1.57. The van der Waals surface area contributed by atoms with E-state index in [-0.39, 0.29) is 0 Å². The van der Waals surface area contributed by atoms with Crippen molar-refractivity contribution in [2.75, 3.05) is 19.0 Å². The molecule has 17 heavy (non-hydrogen) atoms. The Labute approximate surface area is 100 Å². The van der Waals surface area contributed by atoms with Crippen molar-refractivity contribution in [3.05, 3.63) is 36.3 Å². The smallest absolute Gasteiger partial charge is 0.137 e. The maximum atomic E-state index is 5.05. The van der Waals surface area contributed by atoms with E-state index in [0.29, 0.717) is 0 Å². The van der Waals surface area contributed by atoms with Crippen molar-refractivity contribution in [2.45, 2.75) is 6.42 Å². The molecular formula is C12H16N4O. The Bertz CT molecular complexity index is 464.